The molecule has 3 heterocycles. The Balaban J connectivity index is 1.22. The highest BCUT2D eigenvalue weighted by Gasteiger charge is 2.32. The Bertz CT molecular complexity index is 1220. The van der Waals surface area contributed by atoms with Gasteiger partial charge in [0.05, 0.1) is 22.9 Å². The number of amides is 2. The van der Waals surface area contributed by atoms with E-state index in [9.17, 15) is 22.8 Å². The van der Waals surface area contributed by atoms with Crippen molar-refractivity contribution in [1.82, 2.24) is 24.4 Å². The maximum Gasteiger partial charge on any atom is 0.419 e. The number of carbonyl (C=O) groups is 2. The standard InChI is InChI=1S/C24H28F3N7O2/c1-32(18-7-10-33(11-8-18)23-29-13-17(14-30-23)24(25,26)27)21(35)4-2-3-9-34-15-31-19-6-5-16(22(28)36)12-20(19)34/h5-6,12-15,18H,2-4,7-11H2,1H3,(H2,28,36). The molecule has 1 saturated heterocycles. The molecule has 0 saturated carbocycles. The number of primary amides is 1. The molecule has 2 aromatic heterocycles. The third-order valence-corrected chi connectivity index (χ3v) is 6.60. The lowest BCUT2D eigenvalue weighted by molar-refractivity contribution is -0.138. The van der Waals surface area contributed by atoms with Crippen LogP contribution in [0.4, 0.5) is 19.1 Å². The van der Waals surface area contributed by atoms with Crippen LogP contribution in [-0.4, -0.2) is 62.4 Å². The number of rotatable bonds is 8. The molecule has 1 aliphatic heterocycles. The average molecular weight is 504 g/mol. The van der Waals surface area contributed by atoms with E-state index in [1.54, 1.807) is 36.5 Å². The predicted octanol–water partition coefficient (Wildman–Crippen LogP) is 3.24. The van der Waals surface area contributed by atoms with Crippen molar-refractivity contribution in [2.24, 2.45) is 5.73 Å². The van der Waals surface area contributed by atoms with Gasteiger partial charge in [-0.15, -0.1) is 0 Å². The van der Waals surface area contributed by atoms with Gasteiger partial charge in [0.2, 0.25) is 17.8 Å². The molecule has 3 aromatic rings. The van der Waals surface area contributed by atoms with Gasteiger partial charge in [0.25, 0.3) is 0 Å². The summed E-state index contributed by atoms with van der Waals surface area (Å²) in [5.41, 5.74) is 6.54. The number of halogens is 3. The number of nitrogens with two attached hydrogens (primary N) is 1. The van der Waals surface area contributed by atoms with Gasteiger partial charge in [0.1, 0.15) is 0 Å². The smallest absolute Gasteiger partial charge is 0.366 e. The molecule has 4 rings (SSSR count). The summed E-state index contributed by atoms with van der Waals surface area (Å²) < 4.78 is 40.1. The molecule has 1 fully saturated rings. The number of unbranched alkanes of at least 4 members (excludes halogenated alkanes) is 1. The number of benzene rings is 1. The van der Waals surface area contributed by atoms with Crippen LogP contribution in [0.2, 0.25) is 0 Å². The summed E-state index contributed by atoms with van der Waals surface area (Å²) in [6, 6.07) is 5.20. The van der Waals surface area contributed by atoms with Crippen molar-refractivity contribution in [2.45, 2.75) is 50.9 Å². The SMILES string of the molecule is CN(C(=O)CCCCn1cnc2ccc(C(N)=O)cc21)C1CCN(c2ncc(C(F)(F)F)cn2)CC1. The Hall–Kier alpha value is -3.70. The molecule has 0 radical (unpaired) electrons. The topological polar surface area (TPSA) is 110 Å². The molecule has 0 atom stereocenters. The van der Waals surface area contributed by atoms with Crippen LogP contribution in [0.25, 0.3) is 11.0 Å². The number of carbonyl (C=O) groups excluding carboxylic acids is 2. The lowest BCUT2D eigenvalue weighted by Crippen LogP contribution is -2.46. The van der Waals surface area contributed by atoms with Crippen LogP contribution < -0.4 is 10.6 Å². The molecular formula is C24H28F3N7O2. The first kappa shape index (κ1) is 25.4. The second kappa shape index (κ2) is 10.5. The summed E-state index contributed by atoms with van der Waals surface area (Å²) in [4.78, 5) is 39.9. The van der Waals surface area contributed by atoms with Crippen LogP contribution in [0.5, 0.6) is 0 Å². The molecule has 0 bridgehead atoms. The largest absolute Gasteiger partial charge is 0.419 e. The molecule has 0 spiro atoms. The van der Waals surface area contributed by atoms with E-state index in [2.05, 4.69) is 15.0 Å². The monoisotopic (exact) mass is 503 g/mol. The van der Waals surface area contributed by atoms with Gasteiger partial charge >= 0.3 is 6.18 Å². The Morgan fingerprint density at radius 1 is 1.11 bits per heavy atom. The second-order valence-corrected chi connectivity index (χ2v) is 8.96. The second-order valence-electron chi connectivity index (χ2n) is 8.96. The van der Waals surface area contributed by atoms with Gasteiger partial charge in [-0.25, -0.2) is 15.0 Å². The zero-order valence-electron chi connectivity index (χ0n) is 19.9. The van der Waals surface area contributed by atoms with E-state index in [1.807, 2.05) is 9.47 Å². The zero-order valence-corrected chi connectivity index (χ0v) is 19.9. The maximum atomic E-state index is 12.7. The number of alkyl halides is 3. The number of fused-ring (bicyclic) bond motifs is 1. The molecule has 0 aliphatic carbocycles. The van der Waals surface area contributed by atoms with Crippen molar-refractivity contribution in [3.05, 3.63) is 48.0 Å². The summed E-state index contributed by atoms with van der Waals surface area (Å²) in [5, 5.41) is 0. The summed E-state index contributed by atoms with van der Waals surface area (Å²) in [5.74, 6) is -0.160. The Morgan fingerprint density at radius 2 is 1.81 bits per heavy atom. The molecule has 9 nitrogen and oxygen atoms in total. The normalized spacial score (nSPS) is 14.8. The first-order valence-corrected chi connectivity index (χ1v) is 11.8. The van der Waals surface area contributed by atoms with Gasteiger partial charge in [-0.1, -0.05) is 0 Å². The van der Waals surface area contributed by atoms with E-state index < -0.39 is 17.6 Å². The molecular weight excluding hydrogens is 475 g/mol. The van der Waals surface area contributed by atoms with Gasteiger partial charge in [-0.3, -0.25) is 9.59 Å². The van der Waals surface area contributed by atoms with E-state index in [1.165, 1.54) is 0 Å². The molecule has 36 heavy (non-hydrogen) atoms. The van der Waals surface area contributed by atoms with Crippen molar-refractivity contribution < 1.29 is 22.8 Å². The van der Waals surface area contributed by atoms with Gasteiger partial charge in [-0.2, -0.15) is 13.2 Å². The highest BCUT2D eigenvalue weighted by molar-refractivity contribution is 5.96. The number of aromatic nitrogens is 4. The highest BCUT2D eigenvalue weighted by atomic mass is 19.4. The van der Waals surface area contributed by atoms with E-state index in [-0.39, 0.29) is 17.9 Å². The molecule has 1 aliphatic rings. The van der Waals surface area contributed by atoms with Gasteiger partial charge in [0.15, 0.2) is 0 Å². The fraction of sp³-hybridized carbons (Fsp3) is 0.458. The number of hydrogen-bond acceptors (Lipinski definition) is 6. The van der Waals surface area contributed by atoms with Crippen LogP contribution in [0.3, 0.4) is 0 Å². The van der Waals surface area contributed by atoms with Gasteiger partial charge < -0.3 is 20.1 Å². The Labute approximate surface area is 206 Å². The summed E-state index contributed by atoms with van der Waals surface area (Å²) in [6.07, 6.45) is 2.13. The third-order valence-electron chi connectivity index (χ3n) is 6.60. The molecule has 192 valence electrons. The lowest BCUT2D eigenvalue weighted by Gasteiger charge is -2.36. The minimum absolute atomic E-state index is 0.0609. The summed E-state index contributed by atoms with van der Waals surface area (Å²) >= 11 is 0. The molecule has 1 aromatic carbocycles. The predicted molar refractivity (Wildman–Crippen MR) is 127 cm³/mol. The minimum atomic E-state index is -4.46. The molecule has 12 heteroatoms. The van der Waals surface area contributed by atoms with E-state index in [0.717, 1.165) is 29.8 Å². The fourth-order valence-corrected chi connectivity index (χ4v) is 4.41. The van der Waals surface area contributed by atoms with E-state index >= 15 is 0 Å². The number of anilines is 1. The number of imidazole rings is 1. The molecule has 2 N–H and O–H groups in total. The number of nitrogens with zero attached hydrogens (tertiary/aromatic N) is 6. The van der Waals surface area contributed by atoms with Crippen LogP contribution in [0, 0.1) is 0 Å². The molecule has 2 amide bonds. The Morgan fingerprint density at radius 3 is 2.44 bits per heavy atom. The maximum absolute atomic E-state index is 12.7. The van der Waals surface area contributed by atoms with Crippen molar-refractivity contribution >= 4 is 28.8 Å². The molecule has 0 unspecified atom stereocenters. The lowest BCUT2D eigenvalue weighted by atomic mass is 10.0. The van der Waals surface area contributed by atoms with Crippen LogP contribution >= 0.6 is 0 Å². The van der Waals surface area contributed by atoms with E-state index in [0.29, 0.717) is 50.9 Å². The quantitative estimate of drug-likeness (QED) is 0.473. The van der Waals surface area contributed by atoms with Crippen molar-refractivity contribution in [2.75, 3.05) is 25.0 Å². The minimum Gasteiger partial charge on any atom is -0.366 e. The number of aryl methyl sites for hydroxylation is 1. The van der Waals surface area contributed by atoms with E-state index in [4.69, 9.17) is 5.73 Å². The first-order valence-electron chi connectivity index (χ1n) is 11.8. The Kier molecular flexibility index (Phi) is 7.41. The van der Waals surface area contributed by atoms with Crippen molar-refractivity contribution in [1.29, 1.82) is 0 Å². The van der Waals surface area contributed by atoms with Crippen molar-refractivity contribution in [3.63, 3.8) is 0 Å². The summed E-state index contributed by atoms with van der Waals surface area (Å²) in [6.45, 7) is 1.80. The summed E-state index contributed by atoms with van der Waals surface area (Å²) in [7, 11) is 1.80. The van der Waals surface area contributed by atoms with Gasteiger partial charge in [-0.05, 0) is 43.9 Å². The average Bonchev–Trinajstić information content (AvgIpc) is 3.28. The number of hydrogen-bond donors (Lipinski definition) is 1. The van der Waals surface area contributed by atoms with Crippen molar-refractivity contribution in [3.8, 4) is 0 Å². The number of piperidine rings is 1. The highest BCUT2D eigenvalue weighted by Crippen LogP contribution is 2.29. The van der Waals surface area contributed by atoms with Crippen LogP contribution in [0.1, 0.15) is 48.0 Å². The fourth-order valence-electron chi connectivity index (χ4n) is 4.41. The zero-order chi connectivity index (χ0) is 25.9. The van der Waals surface area contributed by atoms with Crippen LogP contribution in [0.15, 0.2) is 36.9 Å². The van der Waals surface area contributed by atoms with Crippen LogP contribution in [-0.2, 0) is 17.5 Å². The van der Waals surface area contributed by atoms with Gasteiger partial charge in [0, 0.05) is 57.1 Å². The first-order chi connectivity index (χ1) is 17.1. The third kappa shape index (κ3) is 5.74.